The molecule has 1 N–H and O–H groups in total. The molecule has 1 fully saturated rings. The number of amides is 1. The van der Waals surface area contributed by atoms with Crippen LogP contribution in [0.25, 0.3) is 11.4 Å². The van der Waals surface area contributed by atoms with E-state index in [0.29, 0.717) is 31.1 Å². The molecule has 26 heavy (non-hydrogen) atoms. The Labute approximate surface area is 152 Å². The van der Waals surface area contributed by atoms with Gasteiger partial charge in [0.2, 0.25) is 27.6 Å². The molecule has 1 unspecified atom stereocenters. The fraction of sp³-hybridized carbons (Fsp3) is 0.471. The zero-order valence-corrected chi connectivity index (χ0v) is 15.6. The summed E-state index contributed by atoms with van der Waals surface area (Å²) in [7, 11) is -3.28. The SMILES string of the molecule is Cc1ccc(-c2noc(CNC(=O)C3CCCN(S(C)(=O)=O)C3)n2)cc1. The third-order valence-corrected chi connectivity index (χ3v) is 5.69. The molecule has 3 rings (SSSR count). The average Bonchev–Trinajstić information content (AvgIpc) is 3.08. The number of carbonyl (C=O) groups excluding carboxylic acids is 1. The lowest BCUT2D eigenvalue weighted by Gasteiger charge is -2.29. The maximum Gasteiger partial charge on any atom is 0.246 e. The zero-order chi connectivity index (χ0) is 18.7. The highest BCUT2D eigenvalue weighted by Gasteiger charge is 2.30. The third-order valence-electron chi connectivity index (χ3n) is 4.42. The first kappa shape index (κ1) is 18.5. The second kappa shape index (κ2) is 7.55. The van der Waals surface area contributed by atoms with Crippen molar-refractivity contribution < 1.29 is 17.7 Å². The molecule has 0 bridgehead atoms. The minimum absolute atomic E-state index is 0.118. The maximum atomic E-state index is 12.3. The van der Waals surface area contributed by atoms with Crippen LogP contribution in [0.5, 0.6) is 0 Å². The van der Waals surface area contributed by atoms with Gasteiger partial charge in [0, 0.05) is 18.7 Å². The first-order chi connectivity index (χ1) is 12.3. The van der Waals surface area contributed by atoms with Crippen molar-refractivity contribution in [3.8, 4) is 11.4 Å². The summed E-state index contributed by atoms with van der Waals surface area (Å²) in [5.74, 6) is 0.214. The smallest absolute Gasteiger partial charge is 0.246 e. The summed E-state index contributed by atoms with van der Waals surface area (Å²) in [6.45, 7) is 2.79. The van der Waals surface area contributed by atoms with Gasteiger partial charge in [-0.15, -0.1) is 0 Å². The quantitative estimate of drug-likeness (QED) is 0.841. The van der Waals surface area contributed by atoms with E-state index in [1.165, 1.54) is 10.6 Å². The Kier molecular flexibility index (Phi) is 5.38. The van der Waals surface area contributed by atoms with Crippen molar-refractivity contribution >= 4 is 15.9 Å². The zero-order valence-electron chi connectivity index (χ0n) is 14.8. The van der Waals surface area contributed by atoms with Gasteiger partial charge in [-0.05, 0) is 19.8 Å². The monoisotopic (exact) mass is 378 g/mol. The van der Waals surface area contributed by atoms with Crippen molar-refractivity contribution in [3.63, 3.8) is 0 Å². The Hall–Kier alpha value is -2.26. The molecule has 0 aliphatic carbocycles. The van der Waals surface area contributed by atoms with Crippen LogP contribution in [0.3, 0.4) is 0 Å². The van der Waals surface area contributed by atoms with E-state index in [4.69, 9.17) is 4.52 Å². The molecule has 1 atom stereocenters. The largest absolute Gasteiger partial charge is 0.347 e. The van der Waals surface area contributed by atoms with E-state index in [-0.39, 0.29) is 24.9 Å². The van der Waals surface area contributed by atoms with Crippen LogP contribution in [-0.2, 0) is 21.4 Å². The molecule has 1 aliphatic heterocycles. The number of benzene rings is 1. The van der Waals surface area contributed by atoms with E-state index in [9.17, 15) is 13.2 Å². The molecule has 1 aromatic carbocycles. The van der Waals surface area contributed by atoms with Gasteiger partial charge < -0.3 is 9.84 Å². The van der Waals surface area contributed by atoms with Gasteiger partial charge in [-0.3, -0.25) is 4.79 Å². The van der Waals surface area contributed by atoms with Crippen molar-refractivity contribution in [2.75, 3.05) is 19.3 Å². The van der Waals surface area contributed by atoms with Gasteiger partial charge in [0.15, 0.2) is 0 Å². The lowest BCUT2D eigenvalue weighted by molar-refractivity contribution is -0.126. The van der Waals surface area contributed by atoms with Crippen molar-refractivity contribution in [2.24, 2.45) is 5.92 Å². The number of rotatable bonds is 5. The Bertz CT molecular complexity index is 876. The molecule has 1 aliphatic rings. The topological polar surface area (TPSA) is 105 Å². The summed E-state index contributed by atoms with van der Waals surface area (Å²) in [6.07, 6.45) is 2.50. The van der Waals surface area contributed by atoms with Gasteiger partial charge >= 0.3 is 0 Å². The molecule has 1 aromatic heterocycles. The highest BCUT2D eigenvalue weighted by Crippen LogP contribution is 2.19. The van der Waals surface area contributed by atoms with Crippen LogP contribution >= 0.6 is 0 Å². The summed E-state index contributed by atoms with van der Waals surface area (Å²) >= 11 is 0. The van der Waals surface area contributed by atoms with Crippen LogP contribution in [-0.4, -0.2) is 48.1 Å². The fourth-order valence-corrected chi connectivity index (χ4v) is 3.82. The second-order valence-corrected chi connectivity index (χ2v) is 8.54. The maximum absolute atomic E-state index is 12.3. The van der Waals surface area contributed by atoms with Gasteiger partial charge in [-0.1, -0.05) is 35.0 Å². The molecule has 0 spiro atoms. The summed E-state index contributed by atoms with van der Waals surface area (Å²) in [5.41, 5.74) is 1.98. The van der Waals surface area contributed by atoms with E-state index >= 15 is 0 Å². The van der Waals surface area contributed by atoms with Crippen LogP contribution in [0.2, 0.25) is 0 Å². The number of nitrogens with zero attached hydrogens (tertiary/aromatic N) is 3. The molecule has 0 saturated carbocycles. The van der Waals surface area contributed by atoms with Crippen molar-refractivity contribution in [1.29, 1.82) is 0 Å². The molecule has 2 heterocycles. The minimum atomic E-state index is -3.28. The Morgan fingerprint density at radius 3 is 2.77 bits per heavy atom. The minimum Gasteiger partial charge on any atom is -0.347 e. The van der Waals surface area contributed by atoms with E-state index in [1.807, 2.05) is 31.2 Å². The molecular weight excluding hydrogens is 356 g/mol. The fourth-order valence-electron chi connectivity index (χ4n) is 2.91. The molecule has 140 valence electrons. The number of aryl methyl sites for hydroxylation is 1. The predicted octanol–water partition coefficient (Wildman–Crippen LogP) is 1.33. The number of aromatic nitrogens is 2. The first-order valence-corrected chi connectivity index (χ1v) is 10.3. The van der Waals surface area contributed by atoms with Gasteiger partial charge in [-0.25, -0.2) is 12.7 Å². The molecule has 2 aromatic rings. The number of hydrogen-bond acceptors (Lipinski definition) is 6. The molecule has 1 saturated heterocycles. The normalized spacial score (nSPS) is 18.6. The Morgan fingerprint density at radius 1 is 1.35 bits per heavy atom. The van der Waals surface area contributed by atoms with Gasteiger partial charge in [0.1, 0.15) is 0 Å². The molecule has 1 amide bonds. The van der Waals surface area contributed by atoms with Crippen LogP contribution in [0.4, 0.5) is 0 Å². The highest BCUT2D eigenvalue weighted by molar-refractivity contribution is 7.88. The summed E-state index contributed by atoms with van der Waals surface area (Å²) in [4.78, 5) is 16.6. The highest BCUT2D eigenvalue weighted by atomic mass is 32.2. The van der Waals surface area contributed by atoms with Crippen LogP contribution in [0.15, 0.2) is 28.8 Å². The summed E-state index contributed by atoms with van der Waals surface area (Å²) < 4.78 is 29.8. The van der Waals surface area contributed by atoms with Crippen LogP contribution in [0, 0.1) is 12.8 Å². The number of nitrogens with one attached hydrogen (secondary N) is 1. The van der Waals surface area contributed by atoms with Crippen molar-refractivity contribution in [1.82, 2.24) is 19.8 Å². The van der Waals surface area contributed by atoms with Gasteiger partial charge in [-0.2, -0.15) is 4.98 Å². The number of sulfonamides is 1. The van der Waals surface area contributed by atoms with Gasteiger partial charge in [0.25, 0.3) is 0 Å². The third kappa shape index (κ3) is 4.47. The Morgan fingerprint density at radius 2 is 2.08 bits per heavy atom. The molecule has 9 heteroatoms. The first-order valence-electron chi connectivity index (χ1n) is 8.45. The van der Waals surface area contributed by atoms with Crippen LogP contribution in [0.1, 0.15) is 24.3 Å². The number of hydrogen-bond donors (Lipinski definition) is 1. The van der Waals surface area contributed by atoms with Crippen molar-refractivity contribution in [2.45, 2.75) is 26.3 Å². The van der Waals surface area contributed by atoms with Crippen LogP contribution < -0.4 is 5.32 Å². The lowest BCUT2D eigenvalue weighted by atomic mass is 9.99. The number of piperidine rings is 1. The summed E-state index contributed by atoms with van der Waals surface area (Å²) in [6, 6.07) is 7.74. The van der Waals surface area contributed by atoms with Crippen molar-refractivity contribution in [3.05, 3.63) is 35.7 Å². The van der Waals surface area contributed by atoms with E-state index in [2.05, 4.69) is 15.5 Å². The predicted molar refractivity (Wildman–Crippen MR) is 95.5 cm³/mol. The Balaban J connectivity index is 1.57. The van der Waals surface area contributed by atoms with Gasteiger partial charge in [0.05, 0.1) is 18.7 Å². The lowest BCUT2D eigenvalue weighted by Crippen LogP contribution is -2.44. The average molecular weight is 378 g/mol. The number of carbonyl (C=O) groups is 1. The van der Waals surface area contributed by atoms with E-state index in [0.717, 1.165) is 11.1 Å². The standard InChI is InChI=1S/C17H22N4O4S/c1-12-5-7-13(8-6-12)16-19-15(25-20-16)10-18-17(22)14-4-3-9-21(11-14)26(2,23)24/h5-8,14H,3-4,9-11H2,1-2H3,(H,18,22). The summed E-state index contributed by atoms with van der Waals surface area (Å²) in [5, 5.41) is 6.68. The molecular formula is C17H22N4O4S. The van der Waals surface area contributed by atoms with E-state index < -0.39 is 10.0 Å². The van der Waals surface area contributed by atoms with E-state index in [1.54, 1.807) is 0 Å². The molecule has 0 radical (unpaired) electrons. The second-order valence-electron chi connectivity index (χ2n) is 6.56. The molecule has 8 nitrogen and oxygen atoms in total.